The molecule has 7 nitrogen and oxygen atoms in total. The minimum Gasteiger partial charge on any atom is -0.381 e. The third-order valence-corrected chi connectivity index (χ3v) is 3.82. The molecule has 0 amide bonds. The number of rotatable bonds is 5. The molecule has 0 saturated heterocycles. The van der Waals surface area contributed by atoms with E-state index in [9.17, 15) is 8.42 Å². The van der Waals surface area contributed by atoms with Crippen LogP contribution in [-0.2, 0) is 16.6 Å². The summed E-state index contributed by atoms with van der Waals surface area (Å²) >= 11 is 0. The van der Waals surface area contributed by atoms with Crippen LogP contribution < -0.4 is 5.73 Å². The van der Waals surface area contributed by atoms with Crippen LogP contribution in [0.2, 0.25) is 0 Å². The first-order chi connectivity index (χ1) is 6.92. The Labute approximate surface area is 88.9 Å². The maximum Gasteiger partial charge on any atom is 0.213 e. The van der Waals surface area contributed by atoms with Crippen LogP contribution in [0, 0.1) is 0 Å². The molecule has 0 fully saturated rings. The fourth-order valence-corrected chi connectivity index (χ4v) is 1.87. The topological polar surface area (TPSA) is 94.1 Å². The van der Waals surface area contributed by atoms with Gasteiger partial charge in [-0.3, -0.25) is 4.68 Å². The van der Waals surface area contributed by atoms with Gasteiger partial charge in [-0.1, -0.05) is 5.21 Å². The van der Waals surface area contributed by atoms with Crippen LogP contribution in [0.4, 0.5) is 5.82 Å². The highest BCUT2D eigenvalue weighted by Gasteiger charge is 2.12. The summed E-state index contributed by atoms with van der Waals surface area (Å²) in [7, 11) is -0.0877. The first kappa shape index (κ1) is 11.9. The Kier molecular flexibility index (Phi) is 3.64. The summed E-state index contributed by atoms with van der Waals surface area (Å²) < 4.78 is 25.5. The number of hydrogen-bond acceptors (Lipinski definition) is 5. The van der Waals surface area contributed by atoms with Crippen molar-refractivity contribution in [2.75, 3.05) is 25.6 Å². The average Bonchev–Trinajstić information content (AvgIpc) is 2.51. The summed E-state index contributed by atoms with van der Waals surface area (Å²) in [5.74, 6) is 0.435. The molecule has 0 aliphatic rings. The second-order valence-corrected chi connectivity index (χ2v) is 5.66. The number of nitrogens with two attached hydrogens (primary N) is 1. The van der Waals surface area contributed by atoms with Crippen molar-refractivity contribution in [3.05, 3.63) is 6.20 Å². The number of anilines is 1. The van der Waals surface area contributed by atoms with Gasteiger partial charge in [0.15, 0.2) is 5.82 Å². The molecule has 0 radical (unpaired) electrons. The van der Waals surface area contributed by atoms with E-state index < -0.39 is 10.0 Å². The van der Waals surface area contributed by atoms with Crippen molar-refractivity contribution >= 4 is 15.8 Å². The summed E-state index contributed by atoms with van der Waals surface area (Å²) in [6, 6.07) is 0. The van der Waals surface area contributed by atoms with Gasteiger partial charge in [0.2, 0.25) is 10.0 Å². The lowest BCUT2D eigenvalue weighted by molar-refractivity contribution is 0.509. The first-order valence-corrected chi connectivity index (χ1v) is 6.08. The van der Waals surface area contributed by atoms with Gasteiger partial charge >= 0.3 is 0 Å². The van der Waals surface area contributed by atoms with E-state index in [0.29, 0.717) is 18.8 Å². The molecular weight excluding hydrogens is 218 g/mol. The molecule has 0 bridgehead atoms. The van der Waals surface area contributed by atoms with E-state index in [4.69, 9.17) is 5.73 Å². The number of sulfonamides is 1. The van der Waals surface area contributed by atoms with E-state index in [1.165, 1.54) is 23.1 Å². The fourth-order valence-electron chi connectivity index (χ4n) is 1.01. The quantitative estimate of drug-likeness (QED) is 0.714. The molecule has 1 heterocycles. The molecule has 8 heteroatoms. The second-order valence-electron chi connectivity index (χ2n) is 3.36. The van der Waals surface area contributed by atoms with Crippen molar-refractivity contribution < 1.29 is 8.42 Å². The van der Waals surface area contributed by atoms with Gasteiger partial charge in [-0.15, -0.1) is 5.10 Å². The Morgan fingerprint density at radius 3 is 2.67 bits per heavy atom. The van der Waals surface area contributed by atoms with Crippen molar-refractivity contribution in [2.24, 2.45) is 0 Å². The molecular formula is C7H15N5O2S. The summed E-state index contributed by atoms with van der Waals surface area (Å²) in [5, 5.41) is 7.31. The fraction of sp³-hybridized carbons (Fsp3) is 0.714. The molecule has 0 atom stereocenters. The zero-order valence-electron chi connectivity index (χ0n) is 8.79. The Bertz CT molecular complexity index is 411. The van der Waals surface area contributed by atoms with Gasteiger partial charge in [0.1, 0.15) is 0 Å². The van der Waals surface area contributed by atoms with E-state index in [1.807, 2.05) is 0 Å². The van der Waals surface area contributed by atoms with Gasteiger partial charge in [-0.05, 0) is 6.42 Å². The summed E-state index contributed by atoms with van der Waals surface area (Å²) in [6.45, 7) is 0.497. The molecule has 1 aromatic heterocycles. The van der Waals surface area contributed by atoms with Gasteiger partial charge in [0.25, 0.3) is 0 Å². The average molecular weight is 233 g/mol. The van der Waals surface area contributed by atoms with Crippen LogP contribution in [0.15, 0.2) is 6.20 Å². The van der Waals surface area contributed by atoms with E-state index in [2.05, 4.69) is 10.3 Å². The largest absolute Gasteiger partial charge is 0.381 e. The highest BCUT2D eigenvalue weighted by molar-refractivity contribution is 7.89. The Morgan fingerprint density at radius 2 is 2.20 bits per heavy atom. The monoisotopic (exact) mass is 233 g/mol. The number of aromatic nitrogens is 3. The lowest BCUT2D eigenvalue weighted by Gasteiger charge is -2.10. The molecule has 2 N–H and O–H groups in total. The third kappa shape index (κ3) is 3.48. The summed E-state index contributed by atoms with van der Waals surface area (Å²) in [5.41, 5.74) is 5.36. The Balaban J connectivity index is 2.40. The van der Waals surface area contributed by atoms with Crippen LogP contribution in [-0.4, -0.2) is 47.6 Å². The zero-order chi connectivity index (χ0) is 11.5. The standard InChI is InChI=1S/C7H15N5O2S/c1-11(2)15(13,14)5-3-4-12-6-7(8)9-10-12/h6H,3-5,8H2,1-2H3. The smallest absolute Gasteiger partial charge is 0.213 e. The van der Waals surface area contributed by atoms with E-state index in [0.717, 1.165) is 0 Å². The molecule has 1 aromatic rings. The molecule has 0 saturated carbocycles. The molecule has 1 rings (SSSR count). The van der Waals surface area contributed by atoms with Crippen LogP contribution in [0.5, 0.6) is 0 Å². The maximum absolute atomic E-state index is 11.4. The van der Waals surface area contributed by atoms with Crippen molar-refractivity contribution in [3.8, 4) is 0 Å². The van der Waals surface area contributed by atoms with Gasteiger partial charge in [-0.2, -0.15) is 0 Å². The Hall–Kier alpha value is -1.15. The third-order valence-electron chi connectivity index (χ3n) is 1.90. The lowest BCUT2D eigenvalue weighted by atomic mass is 10.5. The SMILES string of the molecule is CN(C)S(=O)(=O)CCCn1cc(N)nn1. The van der Waals surface area contributed by atoms with E-state index in [1.54, 1.807) is 6.20 Å². The number of aryl methyl sites for hydroxylation is 1. The van der Waals surface area contributed by atoms with Crippen LogP contribution in [0.25, 0.3) is 0 Å². The molecule has 0 unspecified atom stereocenters. The predicted octanol–water partition coefficient (Wildman–Crippen LogP) is -0.858. The van der Waals surface area contributed by atoms with Crippen LogP contribution in [0.3, 0.4) is 0 Å². The van der Waals surface area contributed by atoms with Crippen molar-refractivity contribution in [1.29, 1.82) is 0 Å². The number of hydrogen-bond donors (Lipinski definition) is 1. The molecule has 0 spiro atoms. The van der Waals surface area contributed by atoms with Gasteiger partial charge in [0.05, 0.1) is 11.9 Å². The van der Waals surface area contributed by atoms with Crippen molar-refractivity contribution in [1.82, 2.24) is 19.3 Å². The van der Waals surface area contributed by atoms with Gasteiger partial charge in [-0.25, -0.2) is 12.7 Å². The highest BCUT2D eigenvalue weighted by atomic mass is 32.2. The van der Waals surface area contributed by atoms with E-state index >= 15 is 0 Å². The predicted molar refractivity (Wildman–Crippen MR) is 56.5 cm³/mol. The summed E-state index contributed by atoms with van der Waals surface area (Å²) in [6.07, 6.45) is 2.06. The molecule has 15 heavy (non-hydrogen) atoms. The van der Waals surface area contributed by atoms with Gasteiger partial charge in [0, 0.05) is 20.6 Å². The number of nitrogen functional groups attached to an aromatic ring is 1. The van der Waals surface area contributed by atoms with E-state index in [-0.39, 0.29) is 5.75 Å². The Morgan fingerprint density at radius 1 is 1.53 bits per heavy atom. The van der Waals surface area contributed by atoms with Crippen molar-refractivity contribution in [3.63, 3.8) is 0 Å². The zero-order valence-corrected chi connectivity index (χ0v) is 9.61. The second kappa shape index (κ2) is 4.58. The molecule has 0 aromatic carbocycles. The van der Waals surface area contributed by atoms with Crippen LogP contribution in [0.1, 0.15) is 6.42 Å². The van der Waals surface area contributed by atoms with Crippen molar-refractivity contribution in [2.45, 2.75) is 13.0 Å². The summed E-state index contributed by atoms with van der Waals surface area (Å²) in [4.78, 5) is 0. The maximum atomic E-state index is 11.4. The number of nitrogens with zero attached hydrogens (tertiary/aromatic N) is 4. The highest BCUT2D eigenvalue weighted by Crippen LogP contribution is 2.00. The minimum absolute atomic E-state index is 0.0970. The molecule has 86 valence electrons. The molecule has 0 aliphatic heterocycles. The first-order valence-electron chi connectivity index (χ1n) is 4.47. The van der Waals surface area contributed by atoms with Crippen LogP contribution >= 0.6 is 0 Å². The molecule has 0 aliphatic carbocycles. The minimum atomic E-state index is -3.12. The van der Waals surface area contributed by atoms with Gasteiger partial charge < -0.3 is 5.73 Å². The normalized spacial score (nSPS) is 12.2. The lowest BCUT2D eigenvalue weighted by Crippen LogP contribution is -2.25.